The Morgan fingerprint density at radius 3 is 2.50 bits per heavy atom. The average molecular weight is 377 g/mol. The van der Waals surface area contributed by atoms with Gasteiger partial charge in [0.05, 0.1) is 12.8 Å². The zero-order valence-electron chi connectivity index (χ0n) is 16.0. The van der Waals surface area contributed by atoms with Crippen molar-refractivity contribution in [2.75, 3.05) is 13.7 Å². The molecule has 0 unspecified atom stereocenters. The molecule has 6 heteroatoms. The number of hydrogen-bond acceptors (Lipinski definition) is 5. The van der Waals surface area contributed by atoms with Gasteiger partial charge >= 0.3 is 0 Å². The van der Waals surface area contributed by atoms with Crippen molar-refractivity contribution in [1.82, 2.24) is 15.3 Å². The first-order valence-electron chi connectivity index (χ1n) is 9.23. The number of carbonyl (C=O) groups excluding carboxylic acids is 1. The number of hydrogen-bond donors (Lipinski definition) is 1. The van der Waals surface area contributed by atoms with E-state index >= 15 is 0 Å². The van der Waals surface area contributed by atoms with Gasteiger partial charge in [0.1, 0.15) is 6.33 Å². The molecule has 1 N–H and O–H groups in total. The molecule has 28 heavy (non-hydrogen) atoms. The largest absolute Gasteiger partial charge is 0.493 e. The van der Waals surface area contributed by atoms with Crippen molar-refractivity contribution in [1.29, 1.82) is 0 Å². The van der Waals surface area contributed by atoms with Gasteiger partial charge in [-0.15, -0.1) is 0 Å². The number of aromatic nitrogens is 2. The number of methoxy groups -OCH3 is 1. The van der Waals surface area contributed by atoms with Gasteiger partial charge in [0.25, 0.3) is 5.91 Å². The predicted octanol–water partition coefficient (Wildman–Crippen LogP) is 4.47. The van der Waals surface area contributed by atoms with Gasteiger partial charge in [-0.25, -0.2) is 9.97 Å². The molecule has 1 heterocycles. The number of amides is 1. The van der Waals surface area contributed by atoms with Crippen molar-refractivity contribution in [3.8, 4) is 28.6 Å². The molecule has 0 saturated heterocycles. The minimum atomic E-state index is -0.0668. The summed E-state index contributed by atoms with van der Waals surface area (Å²) in [4.78, 5) is 20.6. The summed E-state index contributed by atoms with van der Waals surface area (Å²) in [6.07, 6.45) is 3.47. The number of nitrogens with one attached hydrogen (secondary N) is 1. The van der Waals surface area contributed by atoms with Gasteiger partial charge in [-0.2, -0.15) is 0 Å². The van der Waals surface area contributed by atoms with E-state index in [4.69, 9.17) is 9.47 Å². The van der Waals surface area contributed by atoms with E-state index in [1.807, 2.05) is 36.4 Å². The van der Waals surface area contributed by atoms with Crippen LogP contribution in [0, 0.1) is 0 Å². The zero-order chi connectivity index (χ0) is 19.8. The predicted molar refractivity (Wildman–Crippen MR) is 108 cm³/mol. The fraction of sp³-hybridized carbons (Fsp3) is 0.227. The maximum absolute atomic E-state index is 12.1. The SMILES string of the molecule is CCCCNC(=O)c1ccc(-c2cc(Oc3ccccc3OC)ncn2)cc1. The number of rotatable bonds is 8. The highest BCUT2D eigenvalue weighted by molar-refractivity contribution is 5.94. The third-order valence-electron chi connectivity index (χ3n) is 4.18. The Labute approximate surface area is 164 Å². The van der Waals surface area contributed by atoms with Crippen LogP contribution in [0.1, 0.15) is 30.1 Å². The lowest BCUT2D eigenvalue weighted by Gasteiger charge is -2.10. The molecule has 0 aliphatic heterocycles. The lowest BCUT2D eigenvalue weighted by atomic mass is 10.1. The van der Waals surface area contributed by atoms with Crippen molar-refractivity contribution >= 4 is 5.91 Å². The summed E-state index contributed by atoms with van der Waals surface area (Å²) >= 11 is 0. The van der Waals surface area contributed by atoms with Crippen molar-refractivity contribution in [3.05, 3.63) is 66.5 Å². The molecule has 0 aliphatic rings. The first-order valence-corrected chi connectivity index (χ1v) is 9.23. The van der Waals surface area contributed by atoms with Crippen LogP contribution >= 0.6 is 0 Å². The van der Waals surface area contributed by atoms with Crippen LogP contribution in [0.15, 0.2) is 60.9 Å². The standard InChI is InChI=1S/C22H23N3O3/c1-3-4-13-23-22(26)17-11-9-16(10-12-17)18-14-21(25-15-24-18)28-20-8-6-5-7-19(20)27-2/h5-12,14-15H,3-4,13H2,1-2H3,(H,23,26). The van der Waals surface area contributed by atoms with Crippen LogP contribution in [-0.4, -0.2) is 29.5 Å². The normalized spacial score (nSPS) is 10.4. The Kier molecular flexibility index (Phi) is 6.57. The highest BCUT2D eigenvalue weighted by Crippen LogP contribution is 2.31. The molecule has 1 amide bonds. The second kappa shape index (κ2) is 9.50. The van der Waals surface area contributed by atoms with Gasteiger partial charge in [0.2, 0.25) is 5.88 Å². The Bertz CT molecular complexity index is 926. The monoisotopic (exact) mass is 377 g/mol. The molecule has 2 aromatic carbocycles. The van der Waals surface area contributed by atoms with Crippen LogP contribution in [0.4, 0.5) is 0 Å². The van der Waals surface area contributed by atoms with Crippen molar-refractivity contribution < 1.29 is 14.3 Å². The quantitative estimate of drug-likeness (QED) is 0.586. The minimum Gasteiger partial charge on any atom is -0.493 e. The lowest BCUT2D eigenvalue weighted by Crippen LogP contribution is -2.24. The number of benzene rings is 2. The molecule has 0 saturated carbocycles. The highest BCUT2D eigenvalue weighted by atomic mass is 16.5. The fourth-order valence-electron chi connectivity index (χ4n) is 2.64. The summed E-state index contributed by atoms with van der Waals surface area (Å²) in [6, 6.07) is 16.4. The molecule has 6 nitrogen and oxygen atoms in total. The third-order valence-corrected chi connectivity index (χ3v) is 4.18. The minimum absolute atomic E-state index is 0.0668. The molecule has 3 aromatic rings. The van der Waals surface area contributed by atoms with Crippen LogP contribution in [0.3, 0.4) is 0 Å². The molecule has 3 rings (SSSR count). The molecule has 144 valence electrons. The Morgan fingerprint density at radius 1 is 1.04 bits per heavy atom. The molecule has 0 atom stereocenters. The maximum Gasteiger partial charge on any atom is 0.251 e. The Balaban J connectivity index is 1.74. The van der Waals surface area contributed by atoms with E-state index in [2.05, 4.69) is 22.2 Å². The van der Waals surface area contributed by atoms with E-state index in [1.54, 1.807) is 25.3 Å². The van der Waals surface area contributed by atoms with Crippen molar-refractivity contribution in [3.63, 3.8) is 0 Å². The van der Waals surface area contributed by atoms with E-state index in [0.717, 1.165) is 18.4 Å². The Morgan fingerprint density at radius 2 is 1.79 bits per heavy atom. The number of para-hydroxylation sites is 2. The molecule has 0 aliphatic carbocycles. The van der Waals surface area contributed by atoms with Gasteiger partial charge in [-0.1, -0.05) is 37.6 Å². The summed E-state index contributed by atoms with van der Waals surface area (Å²) in [5.74, 6) is 1.55. The summed E-state index contributed by atoms with van der Waals surface area (Å²) < 4.78 is 11.1. The summed E-state index contributed by atoms with van der Waals surface area (Å²) in [5, 5.41) is 2.91. The summed E-state index contributed by atoms with van der Waals surface area (Å²) in [5.41, 5.74) is 2.20. The van der Waals surface area contributed by atoms with Crippen LogP contribution < -0.4 is 14.8 Å². The second-order valence-electron chi connectivity index (χ2n) is 6.18. The molecule has 0 radical (unpaired) electrons. The number of nitrogens with zero attached hydrogens (tertiary/aromatic N) is 2. The summed E-state index contributed by atoms with van der Waals surface area (Å²) in [7, 11) is 1.59. The number of ether oxygens (including phenoxy) is 2. The van der Waals surface area contributed by atoms with E-state index in [9.17, 15) is 4.79 Å². The van der Waals surface area contributed by atoms with Gasteiger partial charge in [0.15, 0.2) is 11.5 Å². The fourth-order valence-corrected chi connectivity index (χ4v) is 2.64. The van der Waals surface area contributed by atoms with Gasteiger partial charge in [0, 0.05) is 23.7 Å². The van der Waals surface area contributed by atoms with Gasteiger partial charge in [-0.05, 0) is 30.7 Å². The first kappa shape index (κ1) is 19.4. The highest BCUT2D eigenvalue weighted by Gasteiger charge is 2.09. The first-order chi connectivity index (χ1) is 13.7. The van der Waals surface area contributed by atoms with Gasteiger partial charge in [-0.3, -0.25) is 4.79 Å². The average Bonchev–Trinajstić information content (AvgIpc) is 2.74. The van der Waals surface area contributed by atoms with Crippen LogP contribution in [-0.2, 0) is 0 Å². The van der Waals surface area contributed by atoms with Crippen LogP contribution in [0.5, 0.6) is 17.4 Å². The van der Waals surface area contributed by atoms with E-state index < -0.39 is 0 Å². The van der Waals surface area contributed by atoms with E-state index in [1.165, 1.54) is 6.33 Å². The van der Waals surface area contributed by atoms with Crippen LogP contribution in [0.2, 0.25) is 0 Å². The molecule has 0 spiro atoms. The second-order valence-corrected chi connectivity index (χ2v) is 6.18. The number of carbonyl (C=O) groups is 1. The number of unbranched alkanes of at least 4 members (excludes halogenated alkanes) is 1. The van der Waals surface area contributed by atoms with Crippen molar-refractivity contribution in [2.45, 2.75) is 19.8 Å². The molecular formula is C22H23N3O3. The summed E-state index contributed by atoms with van der Waals surface area (Å²) in [6.45, 7) is 2.78. The Hall–Kier alpha value is -3.41. The van der Waals surface area contributed by atoms with Gasteiger partial charge < -0.3 is 14.8 Å². The van der Waals surface area contributed by atoms with E-state index in [0.29, 0.717) is 35.2 Å². The van der Waals surface area contributed by atoms with Crippen LogP contribution in [0.25, 0.3) is 11.3 Å². The molecule has 1 aromatic heterocycles. The zero-order valence-corrected chi connectivity index (χ0v) is 16.0. The van der Waals surface area contributed by atoms with E-state index in [-0.39, 0.29) is 5.91 Å². The smallest absolute Gasteiger partial charge is 0.251 e. The molecular weight excluding hydrogens is 354 g/mol. The molecule has 0 bridgehead atoms. The lowest BCUT2D eigenvalue weighted by molar-refractivity contribution is 0.0953. The topological polar surface area (TPSA) is 73.3 Å². The third kappa shape index (κ3) is 4.85. The van der Waals surface area contributed by atoms with Crippen molar-refractivity contribution in [2.24, 2.45) is 0 Å². The molecule has 0 fully saturated rings. The maximum atomic E-state index is 12.1.